The molecule has 0 bridgehead atoms. The van der Waals surface area contributed by atoms with E-state index in [1.807, 2.05) is 0 Å². The van der Waals surface area contributed by atoms with Crippen molar-refractivity contribution in [1.29, 1.82) is 0 Å². The fourth-order valence-electron chi connectivity index (χ4n) is 3.49. The molecule has 34 heavy (non-hydrogen) atoms. The molecule has 0 aromatic carbocycles. The molecule has 0 amide bonds. The largest absolute Gasteiger partial charge is 0.481 e. The molecule has 0 aliphatic rings. The molecular weight excluding hydrogens is 490 g/mol. The smallest absolute Gasteiger partial charge is 0.307 e. The average Bonchev–Trinajstić information content (AvgIpc) is 2.63. The molecule has 0 saturated heterocycles. The van der Waals surface area contributed by atoms with E-state index in [0.29, 0.717) is 18.2 Å². The minimum Gasteiger partial charge on any atom is -0.481 e. The summed E-state index contributed by atoms with van der Waals surface area (Å²) in [5.41, 5.74) is 0. The minimum absolute atomic E-state index is 0.267. The molecule has 11 nitrogen and oxygen atoms in total. The van der Waals surface area contributed by atoms with Crippen molar-refractivity contribution < 1.29 is 53.6 Å². The van der Waals surface area contributed by atoms with Crippen molar-refractivity contribution in [3.05, 3.63) is 0 Å². The second-order valence-corrected chi connectivity index (χ2v) is 15.0. The molecule has 0 aromatic heterocycles. The molecule has 0 heterocycles. The van der Waals surface area contributed by atoms with Gasteiger partial charge >= 0.3 is 23.9 Å². The van der Waals surface area contributed by atoms with Crippen LogP contribution >= 0.6 is 14.5 Å². The zero-order valence-electron chi connectivity index (χ0n) is 20.5. The van der Waals surface area contributed by atoms with Crippen LogP contribution in [0.25, 0.3) is 0 Å². The molecule has 0 aliphatic heterocycles. The normalized spacial score (nSPS) is 18.1. The van der Waals surface area contributed by atoms with Crippen LogP contribution in [0.1, 0.15) is 53.4 Å². The number of hydrogen-bond donors (Lipinski definition) is 5. The maximum absolute atomic E-state index is 12.2. The number of aliphatic carboxylic acids is 4. The van der Waals surface area contributed by atoms with Crippen LogP contribution in [0.2, 0.25) is 0 Å². The molecule has 0 aliphatic carbocycles. The van der Waals surface area contributed by atoms with Crippen molar-refractivity contribution >= 4 is 38.4 Å². The number of rotatable bonds is 16. The Balaban J connectivity index is 0. The summed E-state index contributed by atoms with van der Waals surface area (Å²) in [6, 6.07) is 0. The number of hydrogen-bond acceptors (Lipinski definition) is 6. The summed E-state index contributed by atoms with van der Waals surface area (Å²) < 4.78 is 23.9. The van der Waals surface area contributed by atoms with Crippen molar-refractivity contribution in [3.8, 4) is 0 Å². The van der Waals surface area contributed by atoms with E-state index in [2.05, 4.69) is 13.8 Å². The second-order valence-electron chi connectivity index (χ2n) is 9.21. The first-order valence-electron chi connectivity index (χ1n) is 11.1. The highest BCUT2D eigenvalue weighted by atomic mass is 31.2. The van der Waals surface area contributed by atoms with Gasteiger partial charge in [-0.2, -0.15) is 0 Å². The van der Waals surface area contributed by atoms with E-state index >= 15 is 0 Å². The molecule has 6 unspecified atom stereocenters. The van der Waals surface area contributed by atoms with Gasteiger partial charge in [-0.1, -0.05) is 40.5 Å². The Hall–Kier alpha value is -1.70. The Morgan fingerprint density at radius 2 is 1.21 bits per heavy atom. The quantitative estimate of drug-likeness (QED) is 0.182. The maximum Gasteiger partial charge on any atom is 0.307 e. The molecule has 6 atom stereocenters. The SMILES string of the molecule is CC(CP(=O)(O)CC(CCC(=O)O)C(=O)O)C(=O)O.CCCC(C)CP(C)(=O)CC(C)C(=O)O. The maximum atomic E-state index is 12.2. The number of carboxylic acid groups (broad SMARTS) is 4. The lowest BCUT2D eigenvalue weighted by atomic mass is 10.1. The molecular formula is C21H40O11P2. The fourth-order valence-corrected chi connectivity index (χ4v) is 8.64. The van der Waals surface area contributed by atoms with Crippen molar-refractivity contribution in [2.24, 2.45) is 23.7 Å². The van der Waals surface area contributed by atoms with Gasteiger partial charge in [0.05, 0.1) is 24.9 Å². The van der Waals surface area contributed by atoms with E-state index in [1.54, 1.807) is 13.6 Å². The van der Waals surface area contributed by atoms with E-state index in [0.717, 1.165) is 12.8 Å². The van der Waals surface area contributed by atoms with Crippen LogP contribution in [-0.2, 0) is 28.3 Å². The third-order valence-corrected chi connectivity index (χ3v) is 9.95. The van der Waals surface area contributed by atoms with Gasteiger partial charge in [0.2, 0.25) is 7.37 Å². The predicted octanol–water partition coefficient (Wildman–Crippen LogP) is 3.68. The Labute approximate surface area is 200 Å². The lowest BCUT2D eigenvalue weighted by Gasteiger charge is -2.19. The monoisotopic (exact) mass is 530 g/mol. The van der Waals surface area contributed by atoms with Crippen molar-refractivity contribution in [1.82, 2.24) is 0 Å². The number of carboxylic acids is 4. The predicted molar refractivity (Wildman–Crippen MR) is 128 cm³/mol. The standard InChI is InChI=1S/C11H23O3P.C10H17O8P/c1-5-6-9(2)7-15(4,14)8-10(3)11(12)13;1-6(9(13)14)4-19(17,18)5-7(10(15)16)2-3-8(11)12/h9-10H,5-8H2,1-4H3,(H,12,13);6-7H,2-5H2,1H3,(H,11,12)(H,13,14)(H,15,16)(H,17,18). The first-order chi connectivity index (χ1) is 15.3. The third kappa shape index (κ3) is 17.7. The highest BCUT2D eigenvalue weighted by Crippen LogP contribution is 2.46. The first kappa shape index (κ1) is 34.5. The van der Waals surface area contributed by atoms with Crippen LogP contribution in [0.15, 0.2) is 0 Å². The highest BCUT2D eigenvalue weighted by molar-refractivity contribution is 7.63. The summed E-state index contributed by atoms with van der Waals surface area (Å²) >= 11 is 0. The van der Waals surface area contributed by atoms with Crippen LogP contribution in [0, 0.1) is 23.7 Å². The zero-order chi connectivity index (χ0) is 27.3. The zero-order valence-corrected chi connectivity index (χ0v) is 22.3. The van der Waals surface area contributed by atoms with E-state index in [9.17, 15) is 33.2 Å². The van der Waals surface area contributed by atoms with Gasteiger partial charge in [0, 0.05) is 31.1 Å². The van der Waals surface area contributed by atoms with Gasteiger partial charge in [0.25, 0.3) is 0 Å². The molecule has 13 heteroatoms. The second kappa shape index (κ2) is 16.1. The Kier molecular flexibility index (Phi) is 16.3. The number of carbonyl (C=O) groups is 4. The molecule has 200 valence electrons. The molecule has 0 saturated carbocycles. The molecule has 0 rings (SSSR count). The van der Waals surface area contributed by atoms with E-state index in [-0.39, 0.29) is 6.42 Å². The molecule has 0 aromatic rings. The van der Waals surface area contributed by atoms with Gasteiger partial charge in [-0.05, 0) is 19.0 Å². The molecule has 0 fully saturated rings. The van der Waals surface area contributed by atoms with Crippen LogP contribution in [0.4, 0.5) is 0 Å². The van der Waals surface area contributed by atoms with Crippen LogP contribution in [0.5, 0.6) is 0 Å². The fraction of sp³-hybridized carbons (Fsp3) is 0.810. The Bertz CT molecular complexity index is 781. The highest BCUT2D eigenvalue weighted by Gasteiger charge is 2.32. The topological polar surface area (TPSA) is 204 Å². The summed E-state index contributed by atoms with van der Waals surface area (Å²) in [6.45, 7) is 8.81. The molecule has 0 spiro atoms. The Morgan fingerprint density at radius 1 is 0.735 bits per heavy atom. The third-order valence-electron chi connectivity index (χ3n) is 5.10. The van der Waals surface area contributed by atoms with Crippen LogP contribution < -0.4 is 0 Å². The summed E-state index contributed by atoms with van der Waals surface area (Å²) in [7, 11) is -6.20. The first-order valence-corrected chi connectivity index (χ1v) is 15.7. The van der Waals surface area contributed by atoms with E-state index < -0.39 is 74.9 Å². The van der Waals surface area contributed by atoms with Crippen molar-refractivity contribution in [3.63, 3.8) is 0 Å². The van der Waals surface area contributed by atoms with Gasteiger partial charge in [0.15, 0.2) is 0 Å². The lowest BCUT2D eigenvalue weighted by Crippen LogP contribution is -2.22. The molecule has 0 radical (unpaired) electrons. The van der Waals surface area contributed by atoms with Gasteiger partial charge in [-0.25, -0.2) is 0 Å². The van der Waals surface area contributed by atoms with Crippen LogP contribution in [0.3, 0.4) is 0 Å². The van der Waals surface area contributed by atoms with Crippen LogP contribution in [-0.4, -0.2) is 80.5 Å². The van der Waals surface area contributed by atoms with Crippen molar-refractivity contribution in [2.75, 3.05) is 31.3 Å². The molecule has 5 N–H and O–H groups in total. The van der Waals surface area contributed by atoms with Gasteiger partial charge in [-0.15, -0.1) is 0 Å². The summed E-state index contributed by atoms with van der Waals surface area (Å²) in [5, 5.41) is 34.7. The summed E-state index contributed by atoms with van der Waals surface area (Å²) in [5.74, 6) is -7.04. The average molecular weight is 530 g/mol. The van der Waals surface area contributed by atoms with Crippen molar-refractivity contribution in [2.45, 2.75) is 53.4 Å². The van der Waals surface area contributed by atoms with E-state index in [4.69, 9.17) is 20.4 Å². The van der Waals surface area contributed by atoms with Gasteiger partial charge in [0.1, 0.15) is 0 Å². The summed E-state index contributed by atoms with van der Waals surface area (Å²) in [6.07, 6.45) is 1.33. The van der Waals surface area contributed by atoms with E-state index in [1.165, 1.54) is 6.92 Å². The van der Waals surface area contributed by atoms with Gasteiger partial charge in [-0.3, -0.25) is 23.7 Å². The lowest BCUT2D eigenvalue weighted by molar-refractivity contribution is -0.143. The summed E-state index contributed by atoms with van der Waals surface area (Å²) in [4.78, 5) is 52.1. The Morgan fingerprint density at radius 3 is 1.59 bits per heavy atom. The minimum atomic E-state index is -3.93. The van der Waals surface area contributed by atoms with Gasteiger partial charge < -0.3 is 29.9 Å².